The molecule has 3 nitrogen and oxygen atoms in total. The van der Waals surface area contributed by atoms with Crippen LogP contribution < -0.4 is 10.5 Å². The van der Waals surface area contributed by atoms with Crippen LogP contribution in [-0.4, -0.2) is 31.1 Å². The van der Waals surface area contributed by atoms with E-state index < -0.39 is 0 Å². The van der Waals surface area contributed by atoms with Crippen molar-refractivity contribution in [2.75, 3.05) is 20.2 Å². The minimum absolute atomic E-state index is 0.232. The number of piperidine rings is 1. The predicted octanol–water partition coefficient (Wildman–Crippen LogP) is 3.12. The molecule has 0 aliphatic carbocycles. The van der Waals surface area contributed by atoms with Crippen LogP contribution in [0, 0.1) is 12.8 Å². The van der Waals surface area contributed by atoms with E-state index in [1.54, 1.807) is 7.11 Å². The number of benzene rings is 1. The van der Waals surface area contributed by atoms with Crippen molar-refractivity contribution in [3.63, 3.8) is 0 Å². The molecular formula is C17H28N2O. The number of ether oxygens (including phenoxy) is 1. The zero-order chi connectivity index (χ0) is 14.7. The number of nitrogens with zero attached hydrogens (tertiary/aromatic N) is 1. The van der Waals surface area contributed by atoms with E-state index in [1.807, 2.05) is 0 Å². The molecule has 1 aromatic rings. The SMILES string of the molecule is COc1ccc(C2C(N)CCCN2CC(C)C)cc1C. The summed E-state index contributed by atoms with van der Waals surface area (Å²) in [6, 6.07) is 7.06. The summed E-state index contributed by atoms with van der Waals surface area (Å²) in [5.74, 6) is 1.62. The maximum Gasteiger partial charge on any atom is 0.121 e. The average Bonchev–Trinajstić information content (AvgIpc) is 2.38. The average molecular weight is 276 g/mol. The van der Waals surface area contributed by atoms with E-state index in [0.29, 0.717) is 12.0 Å². The molecule has 2 unspecified atom stereocenters. The first-order chi connectivity index (χ1) is 9.52. The van der Waals surface area contributed by atoms with E-state index >= 15 is 0 Å². The lowest BCUT2D eigenvalue weighted by Gasteiger charge is -2.41. The van der Waals surface area contributed by atoms with E-state index in [1.165, 1.54) is 17.5 Å². The van der Waals surface area contributed by atoms with Gasteiger partial charge in [-0.3, -0.25) is 4.90 Å². The van der Waals surface area contributed by atoms with Crippen LogP contribution in [0.4, 0.5) is 0 Å². The molecule has 2 atom stereocenters. The molecule has 1 aliphatic rings. The monoisotopic (exact) mass is 276 g/mol. The van der Waals surface area contributed by atoms with Crippen molar-refractivity contribution in [3.8, 4) is 5.75 Å². The highest BCUT2D eigenvalue weighted by Crippen LogP contribution is 2.33. The third-order valence-electron chi connectivity index (χ3n) is 4.14. The van der Waals surface area contributed by atoms with Crippen LogP contribution in [0.15, 0.2) is 18.2 Å². The summed E-state index contributed by atoms with van der Waals surface area (Å²) < 4.78 is 5.36. The third-order valence-corrected chi connectivity index (χ3v) is 4.14. The van der Waals surface area contributed by atoms with Gasteiger partial charge in [0.25, 0.3) is 0 Å². The molecule has 1 saturated heterocycles. The normalized spacial score (nSPS) is 24.1. The van der Waals surface area contributed by atoms with Gasteiger partial charge in [0.2, 0.25) is 0 Å². The first-order valence-electron chi connectivity index (χ1n) is 7.67. The summed E-state index contributed by atoms with van der Waals surface area (Å²) in [5, 5.41) is 0. The van der Waals surface area contributed by atoms with Crippen molar-refractivity contribution >= 4 is 0 Å². The molecule has 2 N–H and O–H groups in total. The van der Waals surface area contributed by atoms with E-state index in [9.17, 15) is 0 Å². The standard InChI is InChI=1S/C17H28N2O/c1-12(2)11-19-9-5-6-15(18)17(19)14-7-8-16(20-4)13(3)10-14/h7-8,10,12,15,17H,5-6,9,11,18H2,1-4H3. The van der Waals surface area contributed by atoms with Gasteiger partial charge in [-0.25, -0.2) is 0 Å². The number of hydrogen-bond donors (Lipinski definition) is 1. The van der Waals surface area contributed by atoms with Gasteiger partial charge in [0.15, 0.2) is 0 Å². The summed E-state index contributed by atoms with van der Waals surface area (Å²) in [6.07, 6.45) is 2.32. The zero-order valence-corrected chi connectivity index (χ0v) is 13.2. The zero-order valence-electron chi connectivity index (χ0n) is 13.2. The predicted molar refractivity (Wildman–Crippen MR) is 84.1 cm³/mol. The fourth-order valence-corrected chi connectivity index (χ4v) is 3.32. The lowest BCUT2D eigenvalue weighted by atomic mass is 9.89. The van der Waals surface area contributed by atoms with Crippen molar-refractivity contribution in [1.29, 1.82) is 0 Å². The fraction of sp³-hybridized carbons (Fsp3) is 0.647. The maximum atomic E-state index is 6.42. The summed E-state index contributed by atoms with van der Waals surface area (Å²) in [4.78, 5) is 2.56. The molecule has 0 radical (unpaired) electrons. The molecule has 0 spiro atoms. The van der Waals surface area contributed by atoms with Crippen molar-refractivity contribution < 1.29 is 4.74 Å². The van der Waals surface area contributed by atoms with Gasteiger partial charge < -0.3 is 10.5 Å². The van der Waals surface area contributed by atoms with Crippen molar-refractivity contribution in [1.82, 2.24) is 4.90 Å². The maximum absolute atomic E-state index is 6.42. The molecule has 2 rings (SSSR count). The van der Waals surface area contributed by atoms with Gasteiger partial charge in [-0.1, -0.05) is 26.0 Å². The number of likely N-dealkylation sites (tertiary alicyclic amines) is 1. The van der Waals surface area contributed by atoms with Crippen LogP contribution in [0.2, 0.25) is 0 Å². The van der Waals surface area contributed by atoms with Gasteiger partial charge in [0.05, 0.1) is 7.11 Å². The minimum atomic E-state index is 0.232. The highest BCUT2D eigenvalue weighted by molar-refractivity contribution is 5.38. The molecule has 1 aromatic carbocycles. The Morgan fingerprint density at radius 1 is 1.40 bits per heavy atom. The minimum Gasteiger partial charge on any atom is -0.496 e. The topological polar surface area (TPSA) is 38.5 Å². The van der Waals surface area contributed by atoms with E-state index in [-0.39, 0.29) is 6.04 Å². The Labute approximate surface area is 123 Å². The highest BCUT2D eigenvalue weighted by atomic mass is 16.5. The van der Waals surface area contributed by atoms with Crippen LogP contribution in [0.5, 0.6) is 5.75 Å². The number of rotatable bonds is 4. The Morgan fingerprint density at radius 3 is 2.75 bits per heavy atom. The quantitative estimate of drug-likeness (QED) is 0.918. The summed E-state index contributed by atoms with van der Waals surface area (Å²) in [5.41, 5.74) is 8.94. The molecule has 1 aliphatic heterocycles. The first kappa shape index (κ1) is 15.3. The number of methoxy groups -OCH3 is 1. The van der Waals surface area contributed by atoms with Gasteiger partial charge in [-0.2, -0.15) is 0 Å². The second kappa shape index (κ2) is 6.59. The lowest BCUT2D eigenvalue weighted by molar-refractivity contribution is 0.114. The van der Waals surface area contributed by atoms with Gasteiger partial charge in [0.1, 0.15) is 5.75 Å². The Hall–Kier alpha value is -1.06. The molecule has 1 fully saturated rings. The molecule has 112 valence electrons. The molecule has 0 bridgehead atoms. The van der Waals surface area contributed by atoms with Gasteiger partial charge in [0, 0.05) is 18.6 Å². The number of hydrogen-bond acceptors (Lipinski definition) is 3. The van der Waals surface area contributed by atoms with Gasteiger partial charge in [-0.05, 0) is 49.4 Å². The fourth-order valence-electron chi connectivity index (χ4n) is 3.32. The second-order valence-electron chi connectivity index (χ2n) is 6.37. The molecule has 0 amide bonds. The molecule has 20 heavy (non-hydrogen) atoms. The smallest absolute Gasteiger partial charge is 0.121 e. The van der Waals surface area contributed by atoms with E-state index in [4.69, 9.17) is 10.5 Å². The number of aryl methyl sites for hydroxylation is 1. The largest absolute Gasteiger partial charge is 0.496 e. The molecule has 3 heteroatoms. The van der Waals surface area contributed by atoms with E-state index in [2.05, 4.69) is 43.9 Å². The molecular weight excluding hydrogens is 248 g/mol. The lowest BCUT2D eigenvalue weighted by Crippen LogP contribution is -2.47. The van der Waals surface area contributed by atoms with Gasteiger partial charge >= 0.3 is 0 Å². The third kappa shape index (κ3) is 3.33. The Balaban J connectivity index is 2.27. The van der Waals surface area contributed by atoms with Gasteiger partial charge in [-0.15, -0.1) is 0 Å². The van der Waals surface area contributed by atoms with Crippen molar-refractivity contribution in [2.24, 2.45) is 11.7 Å². The molecule has 1 heterocycles. The van der Waals surface area contributed by atoms with Crippen LogP contribution in [0.3, 0.4) is 0 Å². The summed E-state index contributed by atoms with van der Waals surface area (Å²) >= 11 is 0. The van der Waals surface area contributed by atoms with Crippen LogP contribution in [0.1, 0.15) is 43.9 Å². The second-order valence-corrected chi connectivity index (χ2v) is 6.37. The van der Waals surface area contributed by atoms with Crippen LogP contribution >= 0.6 is 0 Å². The highest BCUT2D eigenvalue weighted by Gasteiger charge is 2.30. The Bertz CT molecular complexity index is 445. The first-order valence-corrected chi connectivity index (χ1v) is 7.67. The van der Waals surface area contributed by atoms with Crippen LogP contribution in [0.25, 0.3) is 0 Å². The Kier molecular flexibility index (Phi) is 5.06. The van der Waals surface area contributed by atoms with Crippen molar-refractivity contribution in [3.05, 3.63) is 29.3 Å². The summed E-state index contributed by atoms with van der Waals surface area (Å²) in [6.45, 7) is 8.92. The summed E-state index contributed by atoms with van der Waals surface area (Å²) in [7, 11) is 1.72. The van der Waals surface area contributed by atoms with Crippen molar-refractivity contribution in [2.45, 2.75) is 45.7 Å². The molecule has 0 aromatic heterocycles. The number of nitrogens with two attached hydrogens (primary N) is 1. The van der Waals surface area contributed by atoms with Crippen LogP contribution in [-0.2, 0) is 0 Å². The Morgan fingerprint density at radius 2 is 2.15 bits per heavy atom. The molecule has 0 saturated carbocycles. The van der Waals surface area contributed by atoms with E-state index in [0.717, 1.165) is 25.3 Å².